The van der Waals surface area contributed by atoms with Crippen LogP contribution in [0.25, 0.3) is 0 Å². The van der Waals surface area contributed by atoms with E-state index in [1.165, 1.54) is 44.3 Å². The molecule has 2 aromatic carbocycles. The molecule has 4 nitrogen and oxygen atoms in total. The van der Waals surface area contributed by atoms with E-state index in [1.54, 1.807) is 0 Å². The Labute approximate surface area is 187 Å². The quantitative estimate of drug-likeness (QED) is 0.664. The van der Waals surface area contributed by atoms with Gasteiger partial charge in [-0.1, -0.05) is 67.4 Å². The fourth-order valence-corrected chi connectivity index (χ4v) is 3.68. The second kappa shape index (κ2) is 13.6. The van der Waals surface area contributed by atoms with Crippen molar-refractivity contribution in [2.24, 2.45) is 5.73 Å². The molecule has 1 heterocycles. The number of nitrogens with zero attached hydrogens (tertiary/aromatic N) is 1. The van der Waals surface area contributed by atoms with Crippen molar-refractivity contribution in [3.05, 3.63) is 71.3 Å². The molecule has 29 heavy (non-hydrogen) atoms. The van der Waals surface area contributed by atoms with Gasteiger partial charge >= 0.3 is 0 Å². The number of nitrogens with two attached hydrogens (primary N) is 1. The van der Waals surface area contributed by atoms with Gasteiger partial charge < -0.3 is 11.1 Å². The average Bonchev–Trinajstić information content (AvgIpc) is 2.96. The molecule has 0 saturated carbocycles. The molecule has 1 unspecified atom stereocenters. The van der Waals surface area contributed by atoms with Gasteiger partial charge in [0.1, 0.15) is 0 Å². The Morgan fingerprint density at radius 3 is 2.28 bits per heavy atom. The van der Waals surface area contributed by atoms with Gasteiger partial charge in [-0.05, 0) is 42.6 Å². The van der Waals surface area contributed by atoms with Crippen LogP contribution in [0.15, 0.2) is 54.6 Å². The topological polar surface area (TPSA) is 58.4 Å². The van der Waals surface area contributed by atoms with Crippen molar-refractivity contribution in [2.75, 3.05) is 13.1 Å². The first-order valence-corrected chi connectivity index (χ1v) is 10.1. The lowest BCUT2D eigenvalue weighted by Crippen LogP contribution is -2.27. The molecule has 2 aromatic rings. The smallest absolute Gasteiger partial charge is 0.222 e. The Morgan fingerprint density at radius 1 is 0.931 bits per heavy atom. The monoisotopic (exact) mass is 437 g/mol. The molecule has 1 fully saturated rings. The SMILES string of the molecule is Cl.Cl.NC(CC(=O)NCc1cccc(CN2CCCCCC2)c1)c1ccccc1. The predicted octanol–water partition coefficient (Wildman–Crippen LogP) is 4.61. The molecular formula is C23H33Cl2N3O. The third-order valence-corrected chi connectivity index (χ3v) is 5.22. The van der Waals surface area contributed by atoms with Crippen LogP contribution in [0.4, 0.5) is 0 Å². The number of hydrogen-bond donors (Lipinski definition) is 2. The zero-order valence-electron chi connectivity index (χ0n) is 16.9. The summed E-state index contributed by atoms with van der Waals surface area (Å²) < 4.78 is 0. The zero-order chi connectivity index (χ0) is 18.9. The third kappa shape index (κ3) is 8.75. The summed E-state index contributed by atoms with van der Waals surface area (Å²) in [7, 11) is 0. The number of halogens is 2. The van der Waals surface area contributed by atoms with Crippen molar-refractivity contribution in [2.45, 2.75) is 51.2 Å². The highest BCUT2D eigenvalue weighted by Crippen LogP contribution is 2.15. The molecular weight excluding hydrogens is 405 g/mol. The molecule has 1 saturated heterocycles. The van der Waals surface area contributed by atoms with E-state index in [-0.39, 0.29) is 36.8 Å². The normalized spacial score (nSPS) is 15.3. The van der Waals surface area contributed by atoms with E-state index in [9.17, 15) is 4.79 Å². The summed E-state index contributed by atoms with van der Waals surface area (Å²) in [5.41, 5.74) is 9.60. The maximum absolute atomic E-state index is 12.2. The number of benzene rings is 2. The van der Waals surface area contributed by atoms with Crippen LogP contribution >= 0.6 is 24.8 Å². The Morgan fingerprint density at radius 2 is 1.59 bits per heavy atom. The summed E-state index contributed by atoms with van der Waals surface area (Å²) in [5, 5.41) is 3.01. The largest absolute Gasteiger partial charge is 0.352 e. The van der Waals surface area contributed by atoms with Crippen LogP contribution in [0.2, 0.25) is 0 Å². The van der Waals surface area contributed by atoms with Gasteiger partial charge in [0.15, 0.2) is 0 Å². The van der Waals surface area contributed by atoms with Crippen molar-refractivity contribution in [3.63, 3.8) is 0 Å². The molecule has 0 bridgehead atoms. The van der Waals surface area contributed by atoms with Crippen LogP contribution in [0.5, 0.6) is 0 Å². The molecule has 1 amide bonds. The lowest BCUT2D eigenvalue weighted by Gasteiger charge is -2.20. The Hall–Kier alpha value is -1.59. The highest BCUT2D eigenvalue weighted by atomic mass is 35.5. The molecule has 1 atom stereocenters. The van der Waals surface area contributed by atoms with Gasteiger partial charge in [0.25, 0.3) is 0 Å². The van der Waals surface area contributed by atoms with E-state index in [2.05, 4.69) is 34.5 Å². The Balaban J connectivity index is 0.00000210. The van der Waals surface area contributed by atoms with Crippen LogP contribution in [0.1, 0.15) is 54.8 Å². The molecule has 0 aliphatic carbocycles. The fraction of sp³-hybridized carbons (Fsp3) is 0.435. The minimum Gasteiger partial charge on any atom is -0.352 e. The summed E-state index contributed by atoms with van der Waals surface area (Å²) >= 11 is 0. The standard InChI is InChI=1S/C23H31N3O.2ClH/c24-22(21-11-4-3-5-12-21)16-23(27)25-17-19-9-8-10-20(15-19)18-26-13-6-1-2-7-14-26;;/h3-5,8-12,15,22H,1-2,6-7,13-14,16-18,24H2,(H,25,27);2*1H. The molecule has 0 spiro atoms. The minimum atomic E-state index is -0.263. The number of carbonyl (C=O) groups is 1. The first-order chi connectivity index (χ1) is 13.2. The maximum atomic E-state index is 12.2. The van der Waals surface area contributed by atoms with Crippen LogP contribution in [-0.2, 0) is 17.9 Å². The number of nitrogens with one attached hydrogen (secondary N) is 1. The molecule has 1 aliphatic heterocycles. The van der Waals surface area contributed by atoms with Crippen molar-refractivity contribution in [1.82, 2.24) is 10.2 Å². The van der Waals surface area contributed by atoms with Crippen molar-refractivity contribution < 1.29 is 4.79 Å². The minimum absolute atomic E-state index is 0. The van der Waals surface area contributed by atoms with Crippen LogP contribution in [0.3, 0.4) is 0 Å². The van der Waals surface area contributed by atoms with Crippen LogP contribution in [0, 0.1) is 0 Å². The van der Waals surface area contributed by atoms with E-state index in [0.29, 0.717) is 13.0 Å². The highest BCUT2D eigenvalue weighted by molar-refractivity contribution is 5.85. The van der Waals surface area contributed by atoms with Gasteiger partial charge in [-0.25, -0.2) is 0 Å². The van der Waals surface area contributed by atoms with E-state index in [4.69, 9.17) is 5.73 Å². The molecule has 160 valence electrons. The second-order valence-corrected chi connectivity index (χ2v) is 7.51. The van der Waals surface area contributed by atoms with Crippen molar-refractivity contribution in [3.8, 4) is 0 Å². The highest BCUT2D eigenvalue weighted by Gasteiger charge is 2.12. The summed E-state index contributed by atoms with van der Waals surface area (Å²) in [5.74, 6) is -0.00993. The van der Waals surface area contributed by atoms with Crippen molar-refractivity contribution >= 4 is 30.7 Å². The van der Waals surface area contributed by atoms with Gasteiger partial charge in [0.2, 0.25) is 5.91 Å². The van der Waals surface area contributed by atoms with Gasteiger partial charge in [-0.2, -0.15) is 0 Å². The van der Waals surface area contributed by atoms with E-state index >= 15 is 0 Å². The first-order valence-electron chi connectivity index (χ1n) is 10.1. The third-order valence-electron chi connectivity index (χ3n) is 5.22. The fourth-order valence-electron chi connectivity index (χ4n) is 3.68. The van der Waals surface area contributed by atoms with Gasteiger partial charge in [0, 0.05) is 25.6 Å². The summed E-state index contributed by atoms with van der Waals surface area (Å²) in [4.78, 5) is 14.8. The maximum Gasteiger partial charge on any atom is 0.222 e. The predicted molar refractivity (Wildman–Crippen MR) is 125 cm³/mol. The summed E-state index contributed by atoms with van der Waals surface area (Å²) in [6.07, 6.45) is 5.62. The molecule has 3 N–H and O–H groups in total. The molecule has 3 rings (SSSR count). The van der Waals surface area contributed by atoms with E-state index in [1.807, 2.05) is 30.3 Å². The summed E-state index contributed by atoms with van der Waals surface area (Å²) in [6.45, 7) is 3.94. The molecule has 0 aromatic heterocycles. The number of hydrogen-bond acceptors (Lipinski definition) is 3. The average molecular weight is 438 g/mol. The van der Waals surface area contributed by atoms with E-state index < -0.39 is 0 Å². The molecule has 1 aliphatic rings. The Bertz CT molecular complexity index is 719. The second-order valence-electron chi connectivity index (χ2n) is 7.51. The number of amides is 1. The molecule has 6 heteroatoms. The molecule has 0 radical (unpaired) electrons. The zero-order valence-corrected chi connectivity index (χ0v) is 18.5. The van der Waals surface area contributed by atoms with Crippen molar-refractivity contribution in [1.29, 1.82) is 0 Å². The Kier molecular flexibility index (Phi) is 11.9. The van der Waals surface area contributed by atoms with Crippen LogP contribution in [-0.4, -0.2) is 23.9 Å². The van der Waals surface area contributed by atoms with Gasteiger partial charge in [-0.3, -0.25) is 9.69 Å². The number of carbonyl (C=O) groups excluding carboxylic acids is 1. The van der Waals surface area contributed by atoms with Gasteiger partial charge in [0.05, 0.1) is 0 Å². The lowest BCUT2D eigenvalue weighted by molar-refractivity contribution is -0.121. The van der Waals surface area contributed by atoms with Crippen LogP contribution < -0.4 is 11.1 Å². The lowest BCUT2D eigenvalue weighted by atomic mass is 10.0. The number of likely N-dealkylation sites (tertiary alicyclic amines) is 1. The first kappa shape index (κ1) is 25.4. The number of rotatable bonds is 7. The van der Waals surface area contributed by atoms with Gasteiger partial charge in [-0.15, -0.1) is 24.8 Å². The summed E-state index contributed by atoms with van der Waals surface area (Å²) in [6, 6.07) is 18.1. The van der Waals surface area contributed by atoms with E-state index in [0.717, 1.165) is 17.7 Å².